The van der Waals surface area contributed by atoms with E-state index >= 15 is 0 Å². The van der Waals surface area contributed by atoms with E-state index in [1.807, 2.05) is 29.8 Å². The van der Waals surface area contributed by atoms with Crippen molar-refractivity contribution in [3.05, 3.63) is 36.3 Å². The second kappa shape index (κ2) is 9.59. The molecule has 3 aromatic rings. The molecule has 0 amide bonds. The summed E-state index contributed by atoms with van der Waals surface area (Å²) in [5.41, 5.74) is 6.73. The lowest BCUT2D eigenvalue weighted by Crippen LogP contribution is -2.23. The summed E-state index contributed by atoms with van der Waals surface area (Å²) in [7, 11) is 3.38. The highest BCUT2D eigenvalue weighted by molar-refractivity contribution is 5.81. The van der Waals surface area contributed by atoms with E-state index < -0.39 is 0 Å². The predicted molar refractivity (Wildman–Crippen MR) is 118 cm³/mol. The third-order valence-electron chi connectivity index (χ3n) is 5.70. The lowest BCUT2D eigenvalue weighted by atomic mass is 9.85. The van der Waals surface area contributed by atoms with Gasteiger partial charge in [-0.1, -0.05) is 0 Å². The Bertz CT molecular complexity index is 1020. The van der Waals surface area contributed by atoms with Gasteiger partial charge in [0, 0.05) is 49.6 Å². The molecule has 0 unspecified atom stereocenters. The summed E-state index contributed by atoms with van der Waals surface area (Å²) in [5, 5.41) is 18.1. The topological polar surface area (TPSA) is 106 Å². The Hall–Kier alpha value is -2.75. The number of ether oxygens (including phenoxy) is 1. The first kappa shape index (κ1) is 21.5. The van der Waals surface area contributed by atoms with E-state index in [4.69, 9.17) is 14.7 Å². The first-order valence-electron chi connectivity index (χ1n) is 10.7. The zero-order chi connectivity index (χ0) is 21.8. The van der Waals surface area contributed by atoms with Gasteiger partial charge in [-0.2, -0.15) is 5.48 Å². The van der Waals surface area contributed by atoms with Crippen LogP contribution in [0.15, 0.2) is 30.6 Å². The monoisotopic (exact) mass is 426 g/mol. The van der Waals surface area contributed by atoms with Crippen LogP contribution in [0.1, 0.15) is 44.2 Å². The average molecular weight is 427 g/mol. The van der Waals surface area contributed by atoms with Gasteiger partial charge in [-0.3, -0.25) is 0 Å². The summed E-state index contributed by atoms with van der Waals surface area (Å²) in [5.74, 6) is 1.39. The van der Waals surface area contributed by atoms with Crippen LogP contribution in [0.3, 0.4) is 0 Å². The Morgan fingerprint density at radius 1 is 1.23 bits per heavy atom. The molecule has 3 aromatic heterocycles. The zero-order valence-electron chi connectivity index (χ0n) is 18.2. The van der Waals surface area contributed by atoms with Gasteiger partial charge < -0.3 is 20.0 Å². The van der Waals surface area contributed by atoms with Crippen LogP contribution >= 0.6 is 0 Å². The van der Waals surface area contributed by atoms with E-state index in [0.29, 0.717) is 24.4 Å². The third kappa shape index (κ3) is 4.79. The number of aliphatic hydroxyl groups excluding tert-OH is 1. The number of hydrogen-bond donors (Lipinski definition) is 3. The summed E-state index contributed by atoms with van der Waals surface area (Å²) >= 11 is 0. The number of pyridine rings is 1. The molecule has 0 bridgehead atoms. The summed E-state index contributed by atoms with van der Waals surface area (Å²) in [6.45, 7) is 2.60. The molecule has 1 aliphatic rings. The van der Waals surface area contributed by atoms with Crippen LogP contribution in [0.2, 0.25) is 0 Å². The first-order chi connectivity index (χ1) is 15.1. The molecule has 1 fully saturated rings. The second-order valence-corrected chi connectivity index (χ2v) is 8.06. The number of anilines is 1. The molecule has 1 atom stereocenters. The maximum atomic E-state index is 9.96. The molecule has 0 aromatic carbocycles. The van der Waals surface area contributed by atoms with Crippen LogP contribution in [-0.2, 0) is 4.74 Å². The number of fused-ring (bicyclic) bond motifs is 1. The predicted octanol–water partition coefficient (Wildman–Crippen LogP) is 2.77. The van der Waals surface area contributed by atoms with Crippen LogP contribution in [-0.4, -0.2) is 57.6 Å². The first-order valence-corrected chi connectivity index (χ1v) is 10.7. The minimum atomic E-state index is -0.204. The van der Waals surface area contributed by atoms with Gasteiger partial charge in [-0.25, -0.2) is 14.5 Å². The van der Waals surface area contributed by atoms with Crippen LogP contribution in [0, 0.1) is 0 Å². The molecule has 0 radical (unpaired) electrons. The van der Waals surface area contributed by atoms with E-state index in [1.165, 1.54) is 0 Å². The number of nitrogens with one attached hydrogen (secondary N) is 2. The van der Waals surface area contributed by atoms with Gasteiger partial charge in [-0.15, -0.1) is 5.10 Å². The van der Waals surface area contributed by atoms with E-state index in [0.717, 1.165) is 48.0 Å². The van der Waals surface area contributed by atoms with Gasteiger partial charge in [0.25, 0.3) is 0 Å². The van der Waals surface area contributed by atoms with Gasteiger partial charge in [0.15, 0.2) is 0 Å². The van der Waals surface area contributed by atoms with Gasteiger partial charge in [0.1, 0.15) is 0 Å². The van der Waals surface area contributed by atoms with E-state index in [1.54, 1.807) is 20.4 Å². The van der Waals surface area contributed by atoms with Gasteiger partial charge in [-0.05, 0) is 50.3 Å². The second-order valence-electron chi connectivity index (χ2n) is 8.06. The lowest BCUT2D eigenvalue weighted by Gasteiger charge is -2.25. The van der Waals surface area contributed by atoms with Crippen molar-refractivity contribution >= 4 is 11.5 Å². The Kier molecular flexibility index (Phi) is 6.64. The fourth-order valence-corrected chi connectivity index (χ4v) is 4.22. The Morgan fingerprint density at radius 3 is 2.77 bits per heavy atom. The SMILES string of the molecule is CNOc1cc(-c2cc(C3CCC(O)CC3)n3nc(N[C@@H](C)COC)ncc23)ccn1. The van der Waals surface area contributed by atoms with Crippen molar-refractivity contribution in [3.63, 3.8) is 0 Å². The van der Waals surface area contributed by atoms with Crippen LogP contribution in [0.4, 0.5) is 5.95 Å². The highest BCUT2D eigenvalue weighted by Gasteiger charge is 2.25. The maximum Gasteiger partial charge on any atom is 0.241 e. The van der Waals surface area contributed by atoms with E-state index in [-0.39, 0.29) is 12.1 Å². The molecular weight excluding hydrogens is 396 g/mol. The van der Waals surface area contributed by atoms with Crippen molar-refractivity contribution in [1.82, 2.24) is 25.1 Å². The molecule has 3 heterocycles. The molecule has 4 rings (SSSR count). The van der Waals surface area contributed by atoms with Gasteiger partial charge in [0.05, 0.1) is 24.4 Å². The van der Waals surface area contributed by atoms with Crippen molar-refractivity contribution in [2.45, 2.75) is 50.7 Å². The average Bonchev–Trinajstić information content (AvgIpc) is 3.14. The molecule has 1 aliphatic carbocycles. The molecule has 0 saturated heterocycles. The Labute approximate surface area is 181 Å². The van der Waals surface area contributed by atoms with Gasteiger partial charge in [0.2, 0.25) is 11.8 Å². The Balaban J connectivity index is 1.77. The van der Waals surface area contributed by atoms with E-state index in [9.17, 15) is 5.11 Å². The van der Waals surface area contributed by atoms with Crippen molar-refractivity contribution < 1.29 is 14.7 Å². The molecule has 3 N–H and O–H groups in total. The largest absolute Gasteiger partial charge is 0.393 e. The van der Waals surface area contributed by atoms with Crippen LogP contribution in [0.5, 0.6) is 5.88 Å². The fraction of sp³-hybridized carbons (Fsp3) is 0.500. The summed E-state index contributed by atoms with van der Waals surface area (Å²) in [6.07, 6.45) is 6.86. The van der Waals surface area contributed by atoms with Crippen molar-refractivity contribution in [3.8, 4) is 17.0 Å². The number of hydrogen-bond acceptors (Lipinski definition) is 8. The number of methoxy groups -OCH3 is 1. The third-order valence-corrected chi connectivity index (χ3v) is 5.70. The van der Waals surface area contributed by atoms with Gasteiger partial charge >= 0.3 is 0 Å². The summed E-state index contributed by atoms with van der Waals surface area (Å²) < 4.78 is 7.21. The molecule has 1 saturated carbocycles. The standard InChI is InChI=1S/C22H30N6O3/c1-14(13-30-3)26-22-25-12-20-18(16-8-9-24-21(10-16)31-23-2)11-19(28(20)27-22)15-4-6-17(29)7-5-15/h8-12,14-15,17,23,29H,4-7,13H2,1-3H3,(H,26,27)/t14-,15?,17?/m0/s1. The van der Waals surface area contributed by atoms with Crippen molar-refractivity contribution in [2.24, 2.45) is 0 Å². The number of hydroxylamine groups is 1. The molecule has 166 valence electrons. The molecule has 0 aliphatic heterocycles. The highest BCUT2D eigenvalue weighted by Crippen LogP contribution is 2.38. The lowest BCUT2D eigenvalue weighted by molar-refractivity contribution is 0.121. The summed E-state index contributed by atoms with van der Waals surface area (Å²) in [6, 6.07) is 6.13. The quantitative estimate of drug-likeness (QED) is 0.472. The fourth-order valence-electron chi connectivity index (χ4n) is 4.22. The van der Waals surface area contributed by atoms with Crippen LogP contribution in [0.25, 0.3) is 16.6 Å². The van der Waals surface area contributed by atoms with Crippen LogP contribution < -0.4 is 15.6 Å². The molecule has 9 nitrogen and oxygen atoms in total. The Morgan fingerprint density at radius 2 is 2.03 bits per heavy atom. The maximum absolute atomic E-state index is 9.96. The molecule has 31 heavy (non-hydrogen) atoms. The molecule has 0 spiro atoms. The zero-order valence-corrected chi connectivity index (χ0v) is 18.2. The van der Waals surface area contributed by atoms with Crippen molar-refractivity contribution in [1.29, 1.82) is 0 Å². The smallest absolute Gasteiger partial charge is 0.241 e. The minimum absolute atomic E-state index is 0.0900. The van der Waals surface area contributed by atoms with Crippen molar-refractivity contribution in [2.75, 3.05) is 26.1 Å². The summed E-state index contributed by atoms with van der Waals surface area (Å²) in [4.78, 5) is 14.1. The molecule has 9 heteroatoms. The normalized spacial score (nSPS) is 20.0. The highest BCUT2D eigenvalue weighted by atomic mass is 16.6. The number of rotatable bonds is 8. The van der Waals surface area contributed by atoms with E-state index in [2.05, 4.69) is 26.8 Å². The molecular formula is C22H30N6O3. The minimum Gasteiger partial charge on any atom is -0.393 e. The number of nitrogens with zero attached hydrogens (tertiary/aromatic N) is 4. The number of aliphatic hydroxyl groups is 1. The number of aromatic nitrogens is 4.